The number of carbonyl (C=O) groups excluding carboxylic acids is 2. The summed E-state index contributed by atoms with van der Waals surface area (Å²) in [5.41, 5.74) is -2.19. The fourth-order valence-electron chi connectivity index (χ4n) is 1.65. The molecule has 7 nitrogen and oxygen atoms in total. The Morgan fingerprint density at radius 3 is 1.56 bits per heavy atom. The van der Waals surface area contributed by atoms with E-state index in [4.69, 9.17) is 4.55 Å². The average molecular weight is 266 g/mol. The number of rotatable bonds is 6. The fourth-order valence-corrected chi connectivity index (χ4v) is 2.89. The molecule has 0 saturated heterocycles. The van der Waals surface area contributed by atoms with Gasteiger partial charge in [-0.05, 0) is 12.8 Å². The van der Waals surface area contributed by atoms with Gasteiger partial charge >= 0.3 is 37.7 Å². The molecule has 0 aromatic rings. The van der Waals surface area contributed by atoms with Crippen LogP contribution in [0.2, 0.25) is 0 Å². The molecule has 0 aliphatic carbocycles. The van der Waals surface area contributed by atoms with Gasteiger partial charge in [-0.1, -0.05) is 13.8 Å². The maximum absolute atomic E-state index is 10.9. The van der Waals surface area contributed by atoms with Crippen molar-refractivity contribution >= 4 is 22.1 Å². The van der Waals surface area contributed by atoms with Crippen molar-refractivity contribution in [1.29, 1.82) is 0 Å². The third kappa shape index (κ3) is 4.62. The van der Waals surface area contributed by atoms with E-state index < -0.39 is 32.7 Å². The molecule has 0 bridgehead atoms. The molecule has 0 heterocycles. The molecule has 10 heteroatoms. The molecule has 94 valence electrons. The maximum atomic E-state index is 10.9. The van der Waals surface area contributed by atoms with Crippen molar-refractivity contribution < 1.29 is 70.5 Å². The van der Waals surface area contributed by atoms with E-state index in [0.717, 1.165) is 0 Å². The van der Waals surface area contributed by atoms with Crippen LogP contribution in [-0.2, 0) is 19.7 Å². The summed E-state index contributed by atoms with van der Waals surface area (Å²) in [6, 6.07) is 0. The first-order chi connectivity index (χ1) is 7.13. The Labute approximate surface area is 129 Å². The topological polar surface area (TPSA) is 135 Å². The minimum absolute atomic E-state index is 0. The summed E-state index contributed by atoms with van der Waals surface area (Å²) in [5, 5.41) is 19.0. The molecule has 0 fully saturated rings. The summed E-state index contributed by atoms with van der Waals surface area (Å²) in [5.74, 6) is -4.00. The number of carboxylic acid groups (broad SMARTS) is 2. The first kappa shape index (κ1) is 23.2. The van der Waals surface area contributed by atoms with Crippen molar-refractivity contribution in [3.63, 3.8) is 0 Å². The van der Waals surface area contributed by atoms with Crippen molar-refractivity contribution in [3.05, 3.63) is 0 Å². The van der Waals surface area contributed by atoms with E-state index in [1.54, 1.807) is 0 Å². The van der Waals surface area contributed by atoms with Crippen LogP contribution in [0.25, 0.3) is 0 Å². The van der Waals surface area contributed by atoms with Gasteiger partial charge in [0.1, 0.15) is 5.25 Å². The number of aliphatic carboxylic acids is 2. The molecule has 18 heavy (non-hydrogen) atoms. The summed E-state index contributed by atoms with van der Waals surface area (Å²) in [4.78, 5) is 21.6. The van der Waals surface area contributed by atoms with Crippen molar-refractivity contribution in [2.75, 3.05) is 0 Å². The van der Waals surface area contributed by atoms with E-state index in [1.807, 2.05) is 0 Å². The first-order valence-corrected chi connectivity index (χ1v) is 6.02. The molecule has 0 spiro atoms. The van der Waals surface area contributed by atoms with Gasteiger partial charge in [-0.15, -0.1) is 0 Å². The molecule has 0 saturated carbocycles. The van der Waals surface area contributed by atoms with Crippen LogP contribution in [0.5, 0.6) is 0 Å². The van der Waals surface area contributed by atoms with Crippen LogP contribution in [0.3, 0.4) is 0 Å². The van der Waals surface area contributed by atoms with Gasteiger partial charge in [0.15, 0.2) is 0 Å². The summed E-state index contributed by atoms with van der Waals surface area (Å²) in [7, 11) is -5.07. The van der Waals surface area contributed by atoms with E-state index in [2.05, 4.69) is 0 Å². The van der Waals surface area contributed by atoms with Gasteiger partial charge in [0, 0.05) is 11.4 Å². The molecule has 0 radical (unpaired) electrons. The van der Waals surface area contributed by atoms with Crippen LogP contribution in [-0.4, -0.2) is 30.2 Å². The number of carbonyl (C=O) groups is 2. The van der Waals surface area contributed by atoms with Gasteiger partial charge < -0.3 is 19.8 Å². The van der Waals surface area contributed by atoms with Crippen LogP contribution in [0.1, 0.15) is 26.7 Å². The Hall–Kier alpha value is 0.0448. The molecule has 1 N–H and O–H groups in total. The second kappa shape index (κ2) is 8.26. The van der Waals surface area contributed by atoms with Crippen LogP contribution in [0.4, 0.5) is 0 Å². The molecule has 1 atom stereocenters. The third-order valence-electron chi connectivity index (χ3n) is 2.68. The first-order valence-electron chi connectivity index (χ1n) is 4.52. The fraction of sp³-hybridized carbons (Fsp3) is 0.750. The second-order valence-electron chi connectivity index (χ2n) is 3.36. The van der Waals surface area contributed by atoms with Crippen molar-refractivity contribution in [2.24, 2.45) is 5.41 Å². The van der Waals surface area contributed by atoms with Gasteiger partial charge in [-0.25, -0.2) is 0 Å². The van der Waals surface area contributed by atoms with E-state index in [-0.39, 0.29) is 50.6 Å². The number of hydrogen-bond acceptors (Lipinski definition) is 6. The molecule has 0 aliphatic heterocycles. The third-order valence-corrected chi connectivity index (χ3v) is 3.92. The average Bonchev–Trinajstić information content (AvgIpc) is 2.10. The van der Waals surface area contributed by atoms with Crippen molar-refractivity contribution in [1.82, 2.24) is 0 Å². The summed E-state index contributed by atoms with van der Waals surface area (Å²) >= 11 is 0. The van der Waals surface area contributed by atoms with Gasteiger partial charge in [-0.3, -0.25) is 4.55 Å². The van der Waals surface area contributed by atoms with Gasteiger partial charge in [0.05, 0.1) is 5.97 Å². The predicted octanol–water partition coefficient (Wildman–Crippen LogP) is -8.44. The molecular formula is C8H12Li2O7S. The standard InChI is InChI=1S/C8H14O7S.2Li/c1-3-8(4-2,7(11)12)5(6(9)10)16(13,14)15;;/h5H,3-4H2,1-2H3,(H,9,10)(H,11,12)(H,13,14,15);;/q;2*+1/p-2. The van der Waals surface area contributed by atoms with E-state index in [0.29, 0.717) is 0 Å². The molecule has 0 amide bonds. The normalized spacial score (nSPS) is 12.8. The Morgan fingerprint density at radius 1 is 1.17 bits per heavy atom. The molecular weight excluding hydrogens is 254 g/mol. The minimum Gasteiger partial charge on any atom is -0.549 e. The summed E-state index contributed by atoms with van der Waals surface area (Å²) in [6.07, 6.45) is -0.630. The summed E-state index contributed by atoms with van der Waals surface area (Å²) in [6.45, 7) is 2.58. The molecule has 0 aromatic heterocycles. The molecule has 1 unspecified atom stereocenters. The van der Waals surface area contributed by atoms with Crippen LogP contribution >= 0.6 is 0 Å². The summed E-state index contributed by atoms with van der Waals surface area (Å²) < 4.78 is 30.5. The van der Waals surface area contributed by atoms with Crippen molar-refractivity contribution in [3.8, 4) is 0 Å². The van der Waals surface area contributed by atoms with E-state index in [1.165, 1.54) is 13.8 Å². The van der Waals surface area contributed by atoms with Gasteiger partial charge in [-0.2, -0.15) is 8.42 Å². The smallest absolute Gasteiger partial charge is 0.549 e. The predicted molar refractivity (Wildman–Crippen MR) is 48.4 cm³/mol. The zero-order valence-corrected chi connectivity index (χ0v) is 11.6. The number of carboxylic acids is 2. The Morgan fingerprint density at radius 2 is 1.50 bits per heavy atom. The zero-order chi connectivity index (χ0) is 13.1. The zero-order valence-electron chi connectivity index (χ0n) is 10.8. The van der Waals surface area contributed by atoms with Gasteiger partial charge in [0.2, 0.25) is 0 Å². The Kier molecular flexibility index (Phi) is 10.6. The molecule has 0 aliphatic rings. The largest absolute Gasteiger partial charge is 1.00 e. The second-order valence-corrected chi connectivity index (χ2v) is 4.87. The van der Waals surface area contributed by atoms with E-state index in [9.17, 15) is 28.2 Å². The quantitative estimate of drug-likeness (QED) is 0.372. The SMILES string of the molecule is CCC(CC)(C(=O)[O-])C(C(=O)[O-])S(=O)(=O)O.[Li+].[Li+]. The van der Waals surface area contributed by atoms with Crippen LogP contribution < -0.4 is 47.9 Å². The molecule has 0 rings (SSSR count). The number of hydrogen-bond donors (Lipinski definition) is 1. The molecule has 0 aromatic carbocycles. The van der Waals surface area contributed by atoms with E-state index >= 15 is 0 Å². The minimum atomic E-state index is -5.07. The monoisotopic (exact) mass is 266 g/mol. The van der Waals surface area contributed by atoms with Crippen molar-refractivity contribution in [2.45, 2.75) is 31.9 Å². The van der Waals surface area contributed by atoms with Crippen LogP contribution in [0, 0.1) is 5.41 Å². The van der Waals surface area contributed by atoms with Crippen LogP contribution in [0.15, 0.2) is 0 Å². The van der Waals surface area contributed by atoms with Gasteiger partial charge in [0.25, 0.3) is 10.1 Å². The maximum Gasteiger partial charge on any atom is 1.00 e. The Balaban J connectivity index is -0.00000112. The Bertz CT molecular complexity index is 388.